The Hall–Kier alpha value is -1.62. The van der Waals surface area contributed by atoms with Crippen LogP contribution in [0.1, 0.15) is 19.4 Å². The highest BCUT2D eigenvalue weighted by Crippen LogP contribution is 2.14. The first kappa shape index (κ1) is 14.4. The van der Waals surface area contributed by atoms with E-state index in [2.05, 4.69) is 5.32 Å². The average molecular weight is 253 g/mol. The number of nitrogen functional groups attached to an aromatic ring is 1. The predicted molar refractivity (Wildman–Crippen MR) is 70.4 cm³/mol. The second kappa shape index (κ2) is 6.35. The van der Waals surface area contributed by atoms with Gasteiger partial charge in [0.25, 0.3) is 0 Å². The maximum Gasteiger partial charge on any atom is 0.234 e. The Bertz CT molecular complexity index is 421. The lowest BCUT2D eigenvalue weighted by Crippen LogP contribution is -2.38. The Kier molecular flexibility index (Phi) is 5.09. The van der Waals surface area contributed by atoms with Crippen molar-refractivity contribution in [3.05, 3.63) is 29.6 Å². The highest BCUT2D eigenvalue weighted by molar-refractivity contribution is 5.78. The summed E-state index contributed by atoms with van der Waals surface area (Å²) in [6, 6.07) is 4.37. The number of carbonyl (C=O) groups is 1. The number of nitrogens with one attached hydrogen (secondary N) is 1. The molecule has 0 radical (unpaired) electrons. The van der Waals surface area contributed by atoms with Gasteiger partial charge in [0.05, 0.1) is 6.54 Å². The monoisotopic (exact) mass is 253 g/mol. The summed E-state index contributed by atoms with van der Waals surface area (Å²) in [4.78, 5) is 13.3. The van der Waals surface area contributed by atoms with Crippen LogP contribution in [0.4, 0.5) is 10.1 Å². The highest BCUT2D eigenvalue weighted by Gasteiger charge is 2.10. The van der Waals surface area contributed by atoms with E-state index in [9.17, 15) is 9.18 Å². The summed E-state index contributed by atoms with van der Waals surface area (Å²) < 4.78 is 13.1. The quantitative estimate of drug-likeness (QED) is 0.779. The fourth-order valence-corrected chi connectivity index (χ4v) is 1.67. The smallest absolute Gasteiger partial charge is 0.234 e. The van der Waals surface area contributed by atoms with E-state index in [0.717, 1.165) is 0 Å². The number of hydrogen-bond donors (Lipinski definition) is 2. The Balaban J connectivity index is 2.56. The number of benzene rings is 1. The normalized spacial score (nSPS) is 11.0. The molecule has 1 rings (SSSR count). The van der Waals surface area contributed by atoms with Crippen LogP contribution in [0.2, 0.25) is 0 Å². The Morgan fingerprint density at radius 2 is 2.17 bits per heavy atom. The van der Waals surface area contributed by atoms with E-state index in [1.807, 2.05) is 13.8 Å². The zero-order valence-corrected chi connectivity index (χ0v) is 11.0. The van der Waals surface area contributed by atoms with Gasteiger partial charge in [-0.3, -0.25) is 9.69 Å². The van der Waals surface area contributed by atoms with E-state index in [1.165, 1.54) is 18.2 Å². The molecule has 0 spiro atoms. The third-order valence-electron chi connectivity index (χ3n) is 2.41. The van der Waals surface area contributed by atoms with Gasteiger partial charge in [0.1, 0.15) is 5.82 Å². The molecule has 0 aromatic heterocycles. The molecule has 0 aliphatic carbocycles. The van der Waals surface area contributed by atoms with Crippen molar-refractivity contribution in [2.75, 3.05) is 19.3 Å². The standard InChI is InChI=1S/C13H20FN3O/c1-9(2)16-13(18)8-17(3)7-10-6-11(14)4-5-12(10)15/h4-6,9H,7-8,15H2,1-3H3,(H,16,18). The van der Waals surface area contributed by atoms with E-state index in [-0.39, 0.29) is 24.3 Å². The zero-order valence-electron chi connectivity index (χ0n) is 11.0. The fraction of sp³-hybridized carbons (Fsp3) is 0.462. The van der Waals surface area contributed by atoms with Gasteiger partial charge < -0.3 is 11.1 Å². The van der Waals surface area contributed by atoms with Crippen LogP contribution in [0, 0.1) is 5.82 Å². The number of nitrogens with two attached hydrogens (primary N) is 1. The summed E-state index contributed by atoms with van der Waals surface area (Å²) in [6.07, 6.45) is 0. The van der Waals surface area contributed by atoms with Crippen LogP contribution in [0.5, 0.6) is 0 Å². The maximum absolute atomic E-state index is 13.1. The molecule has 0 aliphatic rings. The van der Waals surface area contributed by atoms with Crippen molar-refractivity contribution in [1.29, 1.82) is 0 Å². The largest absolute Gasteiger partial charge is 0.398 e. The summed E-state index contributed by atoms with van der Waals surface area (Å²) in [6.45, 7) is 4.51. The molecule has 0 aliphatic heterocycles. The van der Waals surface area contributed by atoms with Gasteiger partial charge >= 0.3 is 0 Å². The van der Waals surface area contributed by atoms with Crippen LogP contribution in [-0.2, 0) is 11.3 Å². The zero-order chi connectivity index (χ0) is 13.7. The van der Waals surface area contributed by atoms with Crippen LogP contribution in [0.25, 0.3) is 0 Å². The van der Waals surface area contributed by atoms with Crippen LogP contribution in [0.15, 0.2) is 18.2 Å². The molecule has 0 bridgehead atoms. The molecular formula is C13H20FN3O. The van der Waals surface area contributed by atoms with Gasteiger partial charge in [0.15, 0.2) is 0 Å². The molecule has 18 heavy (non-hydrogen) atoms. The lowest BCUT2D eigenvalue weighted by Gasteiger charge is -2.18. The number of halogens is 1. The van der Waals surface area contributed by atoms with Gasteiger partial charge in [-0.05, 0) is 44.7 Å². The van der Waals surface area contributed by atoms with Crippen molar-refractivity contribution in [1.82, 2.24) is 10.2 Å². The second-order valence-electron chi connectivity index (χ2n) is 4.74. The molecule has 0 saturated heterocycles. The minimum atomic E-state index is -0.320. The minimum Gasteiger partial charge on any atom is -0.398 e. The first-order valence-corrected chi connectivity index (χ1v) is 5.90. The van der Waals surface area contributed by atoms with Gasteiger partial charge in [-0.1, -0.05) is 0 Å². The van der Waals surface area contributed by atoms with Crippen LogP contribution >= 0.6 is 0 Å². The third-order valence-corrected chi connectivity index (χ3v) is 2.41. The lowest BCUT2D eigenvalue weighted by atomic mass is 10.1. The average Bonchev–Trinajstić information content (AvgIpc) is 2.21. The Morgan fingerprint density at radius 1 is 1.50 bits per heavy atom. The Morgan fingerprint density at radius 3 is 2.78 bits per heavy atom. The molecule has 3 N–H and O–H groups in total. The molecular weight excluding hydrogens is 233 g/mol. The second-order valence-corrected chi connectivity index (χ2v) is 4.74. The number of anilines is 1. The molecule has 5 heteroatoms. The third kappa shape index (κ3) is 4.71. The minimum absolute atomic E-state index is 0.0533. The molecule has 0 heterocycles. The van der Waals surface area contributed by atoms with Crippen LogP contribution < -0.4 is 11.1 Å². The highest BCUT2D eigenvalue weighted by atomic mass is 19.1. The van der Waals surface area contributed by atoms with Crippen LogP contribution in [-0.4, -0.2) is 30.4 Å². The van der Waals surface area contributed by atoms with Gasteiger partial charge in [-0.15, -0.1) is 0 Å². The summed E-state index contributed by atoms with van der Waals surface area (Å²) in [5.74, 6) is -0.373. The molecule has 0 atom stereocenters. The van der Waals surface area contributed by atoms with E-state index >= 15 is 0 Å². The SMILES string of the molecule is CC(C)NC(=O)CN(C)Cc1cc(F)ccc1N. The van der Waals surface area contributed by atoms with Gasteiger partial charge in [0, 0.05) is 18.3 Å². The van der Waals surface area contributed by atoms with E-state index < -0.39 is 0 Å². The van der Waals surface area contributed by atoms with Crippen molar-refractivity contribution in [3.63, 3.8) is 0 Å². The van der Waals surface area contributed by atoms with Crippen LogP contribution in [0.3, 0.4) is 0 Å². The molecule has 0 fully saturated rings. The number of likely N-dealkylation sites (N-methyl/N-ethyl adjacent to an activating group) is 1. The Labute approximate surface area is 107 Å². The van der Waals surface area contributed by atoms with Crippen molar-refractivity contribution < 1.29 is 9.18 Å². The topological polar surface area (TPSA) is 58.4 Å². The van der Waals surface area contributed by atoms with Crippen molar-refractivity contribution in [2.45, 2.75) is 26.4 Å². The van der Waals surface area contributed by atoms with E-state index in [0.29, 0.717) is 17.8 Å². The summed E-state index contributed by atoms with van der Waals surface area (Å²) in [5.41, 5.74) is 6.98. The first-order chi connectivity index (χ1) is 8.38. The number of rotatable bonds is 5. The lowest BCUT2D eigenvalue weighted by molar-refractivity contribution is -0.122. The van der Waals surface area contributed by atoms with E-state index in [4.69, 9.17) is 5.73 Å². The number of amides is 1. The van der Waals surface area contributed by atoms with Crippen molar-refractivity contribution in [3.8, 4) is 0 Å². The van der Waals surface area contributed by atoms with Crippen molar-refractivity contribution in [2.24, 2.45) is 0 Å². The summed E-state index contributed by atoms with van der Waals surface area (Å²) in [7, 11) is 1.80. The predicted octanol–water partition coefficient (Wildman–Crippen LogP) is 1.36. The van der Waals surface area contributed by atoms with Gasteiger partial charge in [-0.2, -0.15) is 0 Å². The van der Waals surface area contributed by atoms with E-state index in [1.54, 1.807) is 11.9 Å². The number of hydrogen-bond acceptors (Lipinski definition) is 3. The fourth-order valence-electron chi connectivity index (χ4n) is 1.67. The molecule has 0 unspecified atom stereocenters. The molecule has 100 valence electrons. The summed E-state index contributed by atoms with van der Waals surface area (Å²) in [5, 5.41) is 2.80. The molecule has 0 saturated carbocycles. The molecule has 1 aromatic carbocycles. The number of carbonyl (C=O) groups excluding carboxylic acids is 1. The molecule has 1 amide bonds. The first-order valence-electron chi connectivity index (χ1n) is 5.90. The molecule has 1 aromatic rings. The van der Waals surface area contributed by atoms with Crippen molar-refractivity contribution >= 4 is 11.6 Å². The number of nitrogens with zero attached hydrogens (tertiary/aromatic N) is 1. The maximum atomic E-state index is 13.1. The van der Waals surface area contributed by atoms with Gasteiger partial charge in [-0.25, -0.2) is 4.39 Å². The molecule has 4 nitrogen and oxygen atoms in total. The summed E-state index contributed by atoms with van der Waals surface area (Å²) >= 11 is 0. The van der Waals surface area contributed by atoms with Gasteiger partial charge in [0.2, 0.25) is 5.91 Å².